The number of aromatic nitrogens is 2. The normalized spacial score (nSPS) is 9.78. The number of halogens is 2. The number of nitrogens with zero attached hydrogens (tertiary/aromatic N) is 2. The molecule has 0 atom stereocenters. The summed E-state index contributed by atoms with van der Waals surface area (Å²) in [5, 5.41) is 2.51. The van der Waals surface area contributed by atoms with Crippen LogP contribution in [0.1, 0.15) is 24.0 Å². The molecule has 0 aliphatic carbocycles. The molecule has 5 rings (SSSR count). The van der Waals surface area contributed by atoms with Gasteiger partial charge in [-0.15, -0.1) is 0 Å². The second kappa shape index (κ2) is 13.6. The van der Waals surface area contributed by atoms with Gasteiger partial charge in [0.15, 0.2) is 25.5 Å². The Morgan fingerprint density at radius 3 is 1.31 bits per heavy atom. The first-order valence-corrected chi connectivity index (χ1v) is 11.7. The number of rotatable bonds is 4. The van der Waals surface area contributed by atoms with E-state index < -0.39 is 0 Å². The highest BCUT2D eigenvalue weighted by Crippen LogP contribution is 2.09. The Morgan fingerprint density at radius 1 is 0.472 bits per heavy atom. The van der Waals surface area contributed by atoms with Crippen molar-refractivity contribution in [1.82, 2.24) is 0 Å². The van der Waals surface area contributed by atoms with Crippen molar-refractivity contribution in [2.24, 2.45) is 0 Å². The van der Waals surface area contributed by atoms with E-state index in [-0.39, 0.29) is 34.0 Å². The average Bonchev–Trinajstić information content (AvgIpc) is 2.90. The molecule has 5 aromatic rings. The third-order valence-corrected chi connectivity index (χ3v) is 5.88. The lowest BCUT2D eigenvalue weighted by Crippen LogP contribution is -3.00. The van der Waals surface area contributed by atoms with Gasteiger partial charge in [0.2, 0.25) is 11.0 Å². The molecule has 4 heteroatoms. The maximum atomic E-state index is 3.31. The maximum absolute atomic E-state index is 3.31. The van der Waals surface area contributed by atoms with Crippen LogP contribution < -0.4 is 43.1 Å². The number of pyridine rings is 2. The minimum absolute atomic E-state index is 0. The van der Waals surface area contributed by atoms with Gasteiger partial charge in [0, 0.05) is 46.2 Å². The van der Waals surface area contributed by atoms with Crippen LogP contribution in [0.3, 0.4) is 0 Å². The summed E-state index contributed by atoms with van der Waals surface area (Å²) in [7, 11) is 0. The fraction of sp³-hybridized carbons (Fsp3) is 0.125. The second-order valence-electron chi connectivity index (χ2n) is 8.20. The molecule has 36 heavy (non-hydrogen) atoms. The predicted molar refractivity (Wildman–Crippen MR) is 138 cm³/mol. The van der Waals surface area contributed by atoms with Crippen LogP contribution in [-0.4, -0.2) is 0 Å². The molecular weight excluding hydrogens is 572 g/mol. The molecule has 2 nitrogen and oxygen atoms in total. The quantitative estimate of drug-likeness (QED) is 0.194. The highest BCUT2D eigenvalue weighted by Gasteiger charge is 2.06. The van der Waals surface area contributed by atoms with Gasteiger partial charge in [0.1, 0.15) is 0 Å². The van der Waals surface area contributed by atoms with Crippen molar-refractivity contribution in [3.63, 3.8) is 0 Å². The summed E-state index contributed by atoms with van der Waals surface area (Å²) in [6.45, 7) is 1.76. The smallest absolute Gasteiger partial charge is 0.212 e. The second-order valence-corrected chi connectivity index (χ2v) is 8.20. The van der Waals surface area contributed by atoms with Crippen molar-refractivity contribution >= 4 is 21.8 Å². The van der Waals surface area contributed by atoms with E-state index in [9.17, 15) is 0 Å². The van der Waals surface area contributed by atoms with Crippen LogP contribution in [0.5, 0.6) is 0 Å². The lowest BCUT2D eigenvalue weighted by atomic mass is 10.1. The Hall–Kier alpha value is -3.44. The standard InChI is InChI=1S/C32H26N2.2BrH/c1-3-17-31-29(13-1)15-9-25-33(31)23-7-5-11-27-19-21-28(22-20-27)12-6-8-24-34-26-10-16-30-14-2-4-18-32(30)34;;/h1-4,9-10,13-22,25-26H,7-8,23-24H2;2*1H/q+2;;/p-2. The van der Waals surface area contributed by atoms with E-state index in [0.717, 1.165) is 37.1 Å². The third-order valence-electron chi connectivity index (χ3n) is 5.88. The fourth-order valence-corrected chi connectivity index (χ4v) is 4.15. The van der Waals surface area contributed by atoms with Gasteiger partial charge >= 0.3 is 0 Å². The lowest BCUT2D eigenvalue weighted by Gasteiger charge is -1.98. The van der Waals surface area contributed by atoms with Crippen LogP contribution in [0.4, 0.5) is 0 Å². The Morgan fingerprint density at radius 2 is 0.861 bits per heavy atom. The Bertz CT molecular complexity index is 1440. The van der Waals surface area contributed by atoms with Crippen LogP contribution in [0, 0.1) is 23.7 Å². The minimum Gasteiger partial charge on any atom is -1.00 e. The molecule has 2 aromatic heterocycles. The summed E-state index contributed by atoms with van der Waals surface area (Å²) in [6.07, 6.45) is 5.87. The molecule has 0 radical (unpaired) electrons. The maximum Gasteiger partial charge on any atom is 0.212 e. The van der Waals surface area contributed by atoms with Crippen LogP contribution in [0.2, 0.25) is 0 Å². The molecule has 0 bridgehead atoms. The summed E-state index contributed by atoms with van der Waals surface area (Å²) in [4.78, 5) is 0. The summed E-state index contributed by atoms with van der Waals surface area (Å²) >= 11 is 0. The Labute approximate surface area is 234 Å². The fourth-order valence-electron chi connectivity index (χ4n) is 4.15. The highest BCUT2D eigenvalue weighted by molar-refractivity contribution is 5.75. The number of benzene rings is 3. The van der Waals surface area contributed by atoms with Crippen molar-refractivity contribution in [3.8, 4) is 23.7 Å². The molecule has 0 spiro atoms. The van der Waals surface area contributed by atoms with Crippen LogP contribution in [0.25, 0.3) is 21.8 Å². The Kier molecular flexibility index (Phi) is 10.3. The van der Waals surface area contributed by atoms with Gasteiger partial charge < -0.3 is 34.0 Å². The summed E-state index contributed by atoms with van der Waals surface area (Å²) < 4.78 is 4.53. The number of hydrogen-bond acceptors (Lipinski definition) is 0. The van der Waals surface area contributed by atoms with E-state index in [1.54, 1.807) is 0 Å². The molecule has 0 amide bonds. The first kappa shape index (κ1) is 27.2. The Balaban J connectivity index is 0.00000180. The minimum atomic E-state index is 0. The summed E-state index contributed by atoms with van der Waals surface area (Å²) in [6, 6.07) is 33.6. The first-order valence-electron chi connectivity index (χ1n) is 11.7. The van der Waals surface area contributed by atoms with Crippen molar-refractivity contribution in [3.05, 3.63) is 121 Å². The van der Waals surface area contributed by atoms with E-state index in [1.165, 1.54) is 21.8 Å². The van der Waals surface area contributed by atoms with Gasteiger partial charge in [-0.25, -0.2) is 0 Å². The van der Waals surface area contributed by atoms with Crippen molar-refractivity contribution in [2.75, 3.05) is 0 Å². The number of aryl methyl sites for hydroxylation is 2. The SMILES string of the molecule is C(#Cc1ccc(C#CCC[n+]2cccc3ccccc32)cc1)CC[n+]1cccc2ccccc21.[Br-].[Br-]. The highest BCUT2D eigenvalue weighted by atomic mass is 79.9. The molecule has 2 heterocycles. The average molecular weight is 598 g/mol. The van der Waals surface area contributed by atoms with E-state index in [4.69, 9.17) is 0 Å². The van der Waals surface area contributed by atoms with Gasteiger partial charge in [-0.1, -0.05) is 47.9 Å². The van der Waals surface area contributed by atoms with Gasteiger partial charge in [0.05, 0.1) is 12.8 Å². The summed E-state index contributed by atoms with van der Waals surface area (Å²) in [5.41, 5.74) is 4.54. The zero-order valence-electron chi connectivity index (χ0n) is 19.9. The van der Waals surface area contributed by atoms with Crippen molar-refractivity contribution < 1.29 is 43.1 Å². The van der Waals surface area contributed by atoms with Gasteiger partial charge in [0.25, 0.3) is 0 Å². The van der Waals surface area contributed by atoms with Crippen LogP contribution in [0.15, 0.2) is 109 Å². The molecular formula is C32H26Br2N2. The molecule has 0 saturated carbocycles. The van der Waals surface area contributed by atoms with E-state index in [0.29, 0.717) is 0 Å². The predicted octanol–water partition coefficient (Wildman–Crippen LogP) is -0.540. The zero-order chi connectivity index (χ0) is 23.0. The van der Waals surface area contributed by atoms with E-state index in [2.05, 4.69) is 142 Å². The molecule has 0 aliphatic rings. The van der Waals surface area contributed by atoms with Crippen molar-refractivity contribution in [2.45, 2.75) is 25.9 Å². The largest absolute Gasteiger partial charge is 1.00 e. The number of hydrogen-bond donors (Lipinski definition) is 0. The number of para-hydroxylation sites is 2. The molecule has 3 aromatic carbocycles. The van der Waals surface area contributed by atoms with Gasteiger partial charge in [-0.05, 0) is 48.5 Å². The molecule has 0 saturated heterocycles. The van der Waals surface area contributed by atoms with E-state index >= 15 is 0 Å². The lowest BCUT2D eigenvalue weighted by molar-refractivity contribution is -0.670. The van der Waals surface area contributed by atoms with Crippen LogP contribution >= 0.6 is 0 Å². The monoisotopic (exact) mass is 596 g/mol. The topological polar surface area (TPSA) is 7.76 Å². The van der Waals surface area contributed by atoms with Crippen molar-refractivity contribution in [1.29, 1.82) is 0 Å². The van der Waals surface area contributed by atoms with Crippen LogP contribution in [-0.2, 0) is 13.1 Å². The molecule has 0 fully saturated rings. The summed E-state index contributed by atoms with van der Waals surface area (Å²) in [5.74, 6) is 13.2. The zero-order valence-corrected chi connectivity index (χ0v) is 23.0. The molecule has 0 unspecified atom stereocenters. The first-order chi connectivity index (χ1) is 16.9. The molecule has 0 aliphatic heterocycles. The number of fused-ring (bicyclic) bond motifs is 2. The van der Waals surface area contributed by atoms with Gasteiger partial charge in [-0.3, -0.25) is 0 Å². The molecule has 0 N–H and O–H groups in total. The van der Waals surface area contributed by atoms with E-state index in [1.807, 2.05) is 0 Å². The third kappa shape index (κ3) is 6.82. The molecule has 178 valence electrons. The van der Waals surface area contributed by atoms with Gasteiger partial charge in [-0.2, -0.15) is 9.13 Å².